The predicted molar refractivity (Wildman–Crippen MR) is 353 cm³/mol. The van der Waals surface area contributed by atoms with Crippen molar-refractivity contribution in [2.24, 2.45) is 34.5 Å². The molecule has 1 aromatic carbocycles. The highest BCUT2D eigenvalue weighted by atomic mass is 32.2. The van der Waals surface area contributed by atoms with Crippen LogP contribution in [0.3, 0.4) is 0 Å². The van der Waals surface area contributed by atoms with E-state index in [0.29, 0.717) is 78.8 Å². The molecule has 0 aliphatic heterocycles. The van der Waals surface area contributed by atoms with Crippen LogP contribution in [0.25, 0.3) is 0 Å². The number of carbonyl (C=O) groups is 7. The smallest absolute Gasteiger partial charge is 0.356 e. The maximum atomic E-state index is 14.9. The molecule has 514 valence electrons. The van der Waals surface area contributed by atoms with E-state index in [1.807, 2.05) is 38.4 Å². The predicted octanol–water partition coefficient (Wildman–Crippen LogP) is 12.7. The molecule has 6 atom stereocenters. The van der Waals surface area contributed by atoms with Crippen LogP contribution in [0.15, 0.2) is 30.3 Å². The van der Waals surface area contributed by atoms with Crippen molar-refractivity contribution in [1.29, 1.82) is 5.26 Å². The van der Waals surface area contributed by atoms with E-state index in [1.165, 1.54) is 70.3 Å². The van der Waals surface area contributed by atoms with Crippen LogP contribution < -0.4 is 0 Å². The molecule has 0 heterocycles. The number of nitriles is 1. The zero-order chi connectivity index (χ0) is 68.2. The van der Waals surface area contributed by atoms with Gasteiger partial charge in [-0.2, -0.15) is 49.3 Å². The number of thioether (sulfide) groups is 4. The number of halogens is 4. The first-order chi connectivity index (χ1) is 42.2. The first-order valence-electron chi connectivity index (χ1n) is 29.9. The van der Waals surface area contributed by atoms with Crippen LogP contribution in [-0.2, 0) is 86.6 Å². The van der Waals surface area contributed by atoms with Gasteiger partial charge in [0, 0.05) is 28.3 Å². The third-order valence-electron chi connectivity index (χ3n) is 14.9. The van der Waals surface area contributed by atoms with Crippen LogP contribution in [0, 0.1) is 45.8 Å². The summed E-state index contributed by atoms with van der Waals surface area (Å²) in [4.78, 5) is 101. The zero-order valence-corrected chi connectivity index (χ0v) is 60.8. The molecule has 0 aromatic heterocycles. The van der Waals surface area contributed by atoms with E-state index in [4.69, 9.17) is 58.7 Å². The number of carbonyl (C=O) groups excluding carboxylic acids is 7. The Labute approximate surface area is 555 Å². The number of hydrogen-bond acceptors (Lipinski definition) is 23. The summed E-state index contributed by atoms with van der Waals surface area (Å²) in [6.07, 6.45) is 3.13. The van der Waals surface area contributed by atoms with E-state index in [9.17, 15) is 56.4 Å². The second-order valence-electron chi connectivity index (χ2n) is 23.7. The lowest BCUT2D eigenvalue weighted by molar-refractivity contribution is -0.207. The molecule has 18 nitrogen and oxygen atoms in total. The SMILES string of the molecule is CO[Si](C)(C)CCCOC(=O)C(CC(CC(CC(SC(=S)C(=O)OCc1ccccc1)C(=O)OCCC[Si](C)(OC)OC)C(=O)OCCCSC)C(=O)OCCCSC)CC(CC(C)(CC(C)(C)C#N)C(=O)OCCC(F)(F)C(C)(F)F)C(=O)OCCCSC. The summed E-state index contributed by atoms with van der Waals surface area (Å²) in [5.74, 6) is -19.5. The van der Waals surface area contributed by atoms with Gasteiger partial charge in [-0.05, 0) is 165 Å². The van der Waals surface area contributed by atoms with Crippen molar-refractivity contribution in [1.82, 2.24) is 0 Å². The Morgan fingerprint density at radius 2 is 1.01 bits per heavy atom. The first-order valence-corrected chi connectivity index (χ1v) is 41.0. The van der Waals surface area contributed by atoms with Crippen molar-refractivity contribution in [2.45, 2.75) is 160 Å². The highest BCUT2D eigenvalue weighted by molar-refractivity contribution is 8.25. The molecule has 1 aromatic rings. The molecule has 0 aliphatic carbocycles. The Morgan fingerprint density at radius 3 is 1.46 bits per heavy atom. The average Bonchev–Trinajstić information content (AvgIpc) is 1.28. The molecular weight excluding hydrogens is 1310 g/mol. The fourth-order valence-electron chi connectivity index (χ4n) is 9.34. The molecule has 6 unspecified atom stereocenters. The summed E-state index contributed by atoms with van der Waals surface area (Å²) in [6.45, 7) is 8.29. The minimum absolute atomic E-state index is 0.0344. The van der Waals surface area contributed by atoms with Crippen molar-refractivity contribution < 1.29 is 97.6 Å². The maximum Gasteiger partial charge on any atom is 0.356 e. The standard InChI is InChI=1S/C61H97F4NO17S5Si2/c1-58(2,43-66)42-59(3,57(73)82-30-24-61(64,65)60(4,62)63)40-48(53(70)79-27-19-33-87-10)38-46(51(68)80-28-20-34-89(11,12)74-5)36-45(50(67)77-25-17-31-85-8)37-47(52(69)78-26-18-32-86-9)39-49(54(71)81-29-21-35-90(13,75-6)76-7)88-56(84)55(72)83-41-44-22-15-14-16-23-44/h14-16,22-23,45-49H,17-21,24-42H2,1-13H3. The second kappa shape index (κ2) is 43.5. The summed E-state index contributed by atoms with van der Waals surface area (Å²) in [5.41, 5.74) is -2.61. The fourth-order valence-corrected chi connectivity index (χ4v) is 14.4. The molecule has 0 radical (unpaired) electrons. The van der Waals surface area contributed by atoms with Gasteiger partial charge in [0.2, 0.25) is 0 Å². The number of alkyl halides is 4. The van der Waals surface area contributed by atoms with Crippen molar-refractivity contribution >= 4 is 122 Å². The van der Waals surface area contributed by atoms with Crippen LogP contribution in [0.4, 0.5) is 17.6 Å². The largest absolute Gasteiger partial charge is 0.465 e. The van der Waals surface area contributed by atoms with Crippen molar-refractivity contribution in [3.63, 3.8) is 0 Å². The summed E-state index contributed by atoms with van der Waals surface area (Å²) in [7, 11) is -0.177. The lowest BCUT2D eigenvalue weighted by Gasteiger charge is -2.35. The highest BCUT2D eigenvalue weighted by Crippen LogP contribution is 2.44. The lowest BCUT2D eigenvalue weighted by atomic mass is 9.68. The zero-order valence-electron chi connectivity index (χ0n) is 54.7. The quantitative estimate of drug-likeness (QED) is 0.0147. The molecule has 0 aliphatic rings. The van der Waals surface area contributed by atoms with Gasteiger partial charge in [0.1, 0.15) is 11.9 Å². The summed E-state index contributed by atoms with van der Waals surface area (Å²) >= 11 is 10.7. The van der Waals surface area contributed by atoms with E-state index in [-0.39, 0.29) is 57.2 Å². The van der Waals surface area contributed by atoms with Crippen molar-refractivity contribution in [2.75, 3.05) is 97.0 Å². The van der Waals surface area contributed by atoms with Crippen LogP contribution in [0.1, 0.15) is 110 Å². The molecule has 90 heavy (non-hydrogen) atoms. The summed E-state index contributed by atoms with van der Waals surface area (Å²) in [6, 6.07) is 11.9. The van der Waals surface area contributed by atoms with Crippen LogP contribution in [-0.4, -0.2) is 177 Å². The lowest BCUT2D eigenvalue weighted by Crippen LogP contribution is -2.41. The molecule has 0 fully saturated rings. The van der Waals surface area contributed by atoms with E-state index in [1.54, 1.807) is 37.4 Å². The average molecular weight is 1410 g/mol. The van der Waals surface area contributed by atoms with Crippen molar-refractivity contribution in [3.05, 3.63) is 35.9 Å². The number of thiocarbonyl (C=S) groups is 1. The number of ether oxygens (including phenoxy) is 7. The normalized spacial score (nSPS) is 14.5. The molecule has 29 heteroatoms. The van der Waals surface area contributed by atoms with Gasteiger partial charge in [0.15, 0.2) is 12.5 Å². The molecular formula is C61H97F4NO17S5Si2. The van der Waals surface area contributed by atoms with Gasteiger partial charge in [-0.15, -0.1) is 0 Å². The minimum atomic E-state index is -4.57. The summed E-state index contributed by atoms with van der Waals surface area (Å²) < 4.78 is 114. The first kappa shape index (κ1) is 84.5. The molecule has 1 rings (SSSR count). The van der Waals surface area contributed by atoms with Gasteiger partial charge < -0.3 is 46.4 Å². The molecule has 0 saturated carbocycles. The van der Waals surface area contributed by atoms with Gasteiger partial charge in [-0.25, -0.2) is 13.6 Å². The minimum Gasteiger partial charge on any atom is -0.465 e. The van der Waals surface area contributed by atoms with Gasteiger partial charge in [-0.1, -0.05) is 54.3 Å². The van der Waals surface area contributed by atoms with Crippen LogP contribution in [0.5, 0.6) is 0 Å². The van der Waals surface area contributed by atoms with Gasteiger partial charge >= 0.3 is 62.2 Å². The summed E-state index contributed by atoms with van der Waals surface area (Å²) in [5, 5.41) is 8.85. The Kier molecular flexibility index (Phi) is 40.9. The van der Waals surface area contributed by atoms with E-state index in [0.717, 1.165) is 0 Å². The van der Waals surface area contributed by atoms with E-state index >= 15 is 0 Å². The molecule has 0 bridgehead atoms. The molecule has 0 saturated heterocycles. The van der Waals surface area contributed by atoms with E-state index in [2.05, 4.69) is 6.07 Å². The Bertz CT molecular complexity index is 2410. The van der Waals surface area contributed by atoms with Crippen LogP contribution in [0.2, 0.25) is 31.7 Å². The number of nitrogens with zero attached hydrogens (tertiary/aromatic N) is 1. The molecule has 0 spiro atoms. The highest BCUT2D eigenvalue weighted by Gasteiger charge is 2.52. The molecule has 0 N–H and O–H groups in total. The Hall–Kier alpha value is -3.48. The number of rotatable bonds is 48. The van der Waals surface area contributed by atoms with Gasteiger partial charge in [-0.3, -0.25) is 28.8 Å². The third-order valence-corrected chi connectivity index (χ3v) is 24.1. The topological polar surface area (TPSA) is 236 Å². The Morgan fingerprint density at radius 1 is 0.578 bits per heavy atom. The van der Waals surface area contributed by atoms with Crippen LogP contribution >= 0.6 is 59.3 Å². The van der Waals surface area contributed by atoms with E-state index < -0.39 is 155 Å². The third kappa shape index (κ3) is 33.6. The van der Waals surface area contributed by atoms with Gasteiger partial charge in [0.25, 0.3) is 0 Å². The fraction of sp³-hybridized carbons (Fsp3) is 0.754. The van der Waals surface area contributed by atoms with Gasteiger partial charge in [0.05, 0.1) is 86.6 Å². The second-order valence-corrected chi connectivity index (χ2v) is 36.5. The maximum absolute atomic E-state index is 14.9. The number of esters is 7. The number of hydrogen-bond donors (Lipinski definition) is 0. The number of benzene rings is 1. The monoisotopic (exact) mass is 1410 g/mol. The molecule has 0 amide bonds. The van der Waals surface area contributed by atoms with Crippen molar-refractivity contribution in [3.8, 4) is 6.07 Å². The Balaban J connectivity index is 4.30.